The molecular weight excluding hydrogens is 120 g/mol. The van der Waals surface area contributed by atoms with E-state index in [4.69, 9.17) is 5.90 Å². The molecule has 0 spiro atoms. The van der Waals surface area contributed by atoms with E-state index < -0.39 is 0 Å². The summed E-state index contributed by atoms with van der Waals surface area (Å²) in [6.45, 7) is 0. The summed E-state index contributed by atoms with van der Waals surface area (Å²) in [5.74, 6) is 5.46. The number of aromatic nitrogens is 2. The Kier molecular flexibility index (Phi) is 1.66. The molecule has 0 aliphatic rings. The summed E-state index contributed by atoms with van der Waals surface area (Å²) in [5, 5.41) is 3.85. The molecule has 0 aliphatic heterocycles. The van der Waals surface area contributed by atoms with Gasteiger partial charge < -0.3 is 0 Å². The van der Waals surface area contributed by atoms with Crippen LogP contribution in [0.25, 0.3) is 0 Å². The highest BCUT2D eigenvalue weighted by Crippen LogP contribution is 2.00. The van der Waals surface area contributed by atoms with Crippen molar-refractivity contribution in [2.75, 3.05) is 5.48 Å². The lowest BCUT2D eigenvalue weighted by Crippen LogP contribution is -2.09. The maximum atomic E-state index is 4.74. The molecule has 1 heterocycles. The van der Waals surface area contributed by atoms with Gasteiger partial charge in [-0.1, -0.05) is 0 Å². The van der Waals surface area contributed by atoms with Gasteiger partial charge in [-0.3, -0.25) is 4.68 Å². The van der Waals surface area contributed by atoms with Crippen molar-refractivity contribution in [3.05, 3.63) is 12.3 Å². The Labute approximate surface area is 52.3 Å². The lowest BCUT2D eigenvalue weighted by molar-refractivity contribution is 0.198. The first-order valence-corrected chi connectivity index (χ1v) is 2.44. The zero-order chi connectivity index (χ0) is 6.69. The van der Waals surface area contributed by atoms with Gasteiger partial charge in [0, 0.05) is 13.1 Å². The Bertz CT molecular complexity index is 184. The maximum Gasteiger partial charge on any atom is 0.149 e. The predicted molar refractivity (Wildman–Crippen MR) is 32.1 cm³/mol. The highest BCUT2D eigenvalue weighted by molar-refractivity contribution is 5.29. The lowest BCUT2D eigenvalue weighted by Gasteiger charge is -1.99. The summed E-state index contributed by atoms with van der Waals surface area (Å²) in [6.07, 6.45) is 1.64. The summed E-state index contributed by atoms with van der Waals surface area (Å²) < 4.78 is 1.60. The van der Waals surface area contributed by atoms with E-state index in [1.54, 1.807) is 24.0 Å². The van der Waals surface area contributed by atoms with Crippen molar-refractivity contribution >= 4 is 5.82 Å². The van der Waals surface area contributed by atoms with E-state index in [-0.39, 0.29) is 0 Å². The van der Waals surface area contributed by atoms with Crippen LogP contribution in [-0.4, -0.2) is 9.78 Å². The van der Waals surface area contributed by atoms with E-state index in [1.165, 1.54) is 0 Å². The van der Waals surface area contributed by atoms with Gasteiger partial charge in [0.05, 0.1) is 6.20 Å². The van der Waals surface area contributed by atoms with Crippen LogP contribution in [-0.2, 0) is 12.0 Å². The van der Waals surface area contributed by atoms with Crippen molar-refractivity contribution in [1.82, 2.24) is 9.78 Å². The van der Waals surface area contributed by atoms with Gasteiger partial charge in [-0.2, -0.15) is 15.9 Å². The first kappa shape index (κ1) is 6.06. The van der Waals surface area contributed by atoms with Gasteiger partial charge in [-0.15, -0.1) is 0 Å². The summed E-state index contributed by atoms with van der Waals surface area (Å²) >= 11 is 0. The lowest BCUT2D eigenvalue weighted by atomic mass is 10.7. The molecule has 0 aliphatic carbocycles. The van der Waals surface area contributed by atoms with E-state index in [1.807, 2.05) is 0 Å². The number of aryl methyl sites for hydroxylation is 1. The summed E-state index contributed by atoms with van der Waals surface area (Å²) in [5.41, 5.74) is 2.43. The Morgan fingerprint density at radius 2 is 2.67 bits per heavy atom. The summed E-state index contributed by atoms with van der Waals surface area (Å²) in [4.78, 5) is 4.16. The molecule has 9 heavy (non-hydrogen) atoms. The fourth-order valence-electron chi connectivity index (χ4n) is 0.534. The molecule has 5 nitrogen and oxygen atoms in total. The van der Waals surface area contributed by atoms with Crippen LogP contribution in [0.1, 0.15) is 0 Å². The number of anilines is 1. The Morgan fingerprint density at radius 1 is 1.89 bits per heavy atom. The van der Waals surface area contributed by atoms with Gasteiger partial charge in [0.1, 0.15) is 5.82 Å². The topological polar surface area (TPSA) is 65.1 Å². The SMILES string of the molecule is Cn1nccc1NON. The average molecular weight is 128 g/mol. The smallest absolute Gasteiger partial charge is 0.149 e. The van der Waals surface area contributed by atoms with Crippen molar-refractivity contribution in [3.63, 3.8) is 0 Å². The minimum absolute atomic E-state index is 0.720. The van der Waals surface area contributed by atoms with Crippen LogP contribution in [0, 0.1) is 0 Å². The summed E-state index contributed by atoms with van der Waals surface area (Å²) in [6, 6.07) is 1.74. The highest BCUT2D eigenvalue weighted by Gasteiger charge is 1.92. The second kappa shape index (κ2) is 2.47. The zero-order valence-corrected chi connectivity index (χ0v) is 5.03. The van der Waals surface area contributed by atoms with E-state index in [0.29, 0.717) is 0 Å². The first-order valence-electron chi connectivity index (χ1n) is 2.44. The van der Waals surface area contributed by atoms with Gasteiger partial charge in [0.2, 0.25) is 0 Å². The van der Waals surface area contributed by atoms with E-state index in [2.05, 4.69) is 15.5 Å². The molecule has 0 radical (unpaired) electrons. The minimum atomic E-state index is 0.720. The Morgan fingerprint density at radius 3 is 3.11 bits per heavy atom. The predicted octanol–water partition coefficient (Wildman–Crippen LogP) is -0.363. The molecule has 0 unspecified atom stereocenters. The molecule has 0 atom stereocenters. The molecule has 1 aromatic heterocycles. The molecule has 0 fully saturated rings. The first-order chi connectivity index (χ1) is 4.34. The molecular formula is C4H8N4O. The molecule has 0 saturated carbocycles. The monoisotopic (exact) mass is 128 g/mol. The van der Waals surface area contributed by atoms with Crippen LogP contribution in [0.15, 0.2) is 12.3 Å². The molecule has 5 heteroatoms. The molecule has 0 aromatic carbocycles. The van der Waals surface area contributed by atoms with Crippen LogP contribution in [0.3, 0.4) is 0 Å². The van der Waals surface area contributed by atoms with Gasteiger partial charge >= 0.3 is 0 Å². The largest absolute Gasteiger partial charge is 0.251 e. The number of hydrogen-bond acceptors (Lipinski definition) is 4. The molecule has 1 aromatic rings. The van der Waals surface area contributed by atoms with Gasteiger partial charge in [-0.25, -0.2) is 5.48 Å². The zero-order valence-electron chi connectivity index (χ0n) is 5.03. The van der Waals surface area contributed by atoms with Crippen molar-refractivity contribution in [2.45, 2.75) is 0 Å². The fraction of sp³-hybridized carbons (Fsp3) is 0.250. The van der Waals surface area contributed by atoms with E-state index >= 15 is 0 Å². The van der Waals surface area contributed by atoms with Crippen LogP contribution < -0.4 is 11.4 Å². The summed E-state index contributed by atoms with van der Waals surface area (Å²) in [7, 11) is 1.78. The van der Waals surface area contributed by atoms with E-state index in [0.717, 1.165) is 5.82 Å². The van der Waals surface area contributed by atoms with Crippen molar-refractivity contribution in [1.29, 1.82) is 0 Å². The highest BCUT2D eigenvalue weighted by atomic mass is 16.8. The minimum Gasteiger partial charge on any atom is -0.251 e. The van der Waals surface area contributed by atoms with Crippen LogP contribution >= 0.6 is 0 Å². The third kappa shape index (κ3) is 1.18. The third-order valence-electron chi connectivity index (χ3n) is 0.984. The Hall–Kier alpha value is -1.07. The van der Waals surface area contributed by atoms with Gasteiger partial charge in [0.25, 0.3) is 0 Å². The van der Waals surface area contributed by atoms with Crippen molar-refractivity contribution in [3.8, 4) is 0 Å². The van der Waals surface area contributed by atoms with Crippen LogP contribution in [0.5, 0.6) is 0 Å². The number of hydrogen-bond donors (Lipinski definition) is 2. The second-order valence-electron chi connectivity index (χ2n) is 1.56. The number of nitrogens with two attached hydrogens (primary N) is 1. The molecule has 1 rings (SSSR count). The third-order valence-corrected chi connectivity index (χ3v) is 0.984. The standard InChI is InChI=1S/C4H8N4O/c1-8-4(7-9-5)2-3-6-8/h2-3,7H,5H2,1H3. The van der Waals surface area contributed by atoms with Gasteiger partial charge in [-0.05, 0) is 0 Å². The van der Waals surface area contributed by atoms with Crippen LogP contribution in [0.4, 0.5) is 5.82 Å². The molecule has 0 amide bonds. The quantitative estimate of drug-likeness (QED) is 0.534. The second-order valence-corrected chi connectivity index (χ2v) is 1.56. The molecule has 3 N–H and O–H groups in total. The maximum absolute atomic E-state index is 4.74. The Balaban J connectivity index is 2.69. The number of nitrogens with one attached hydrogen (secondary N) is 1. The normalized spacial score (nSPS) is 9.56. The van der Waals surface area contributed by atoms with Crippen molar-refractivity contribution in [2.24, 2.45) is 12.9 Å². The molecule has 0 bridgehead atoms. The van der Waals surface area contributed by atoms with Crippen LogP contribution in [0.2, 0.25) is 0 Å². The van der Waals surface area contributed by atoms with E-state index in [9.17, 15) is 0 Å². The molecule has 50 valence electrons. The van der Waals surface area contributed by atoms with Crippen molar-refractivity contribution < 1.29 is 4.94 Å². The average Bonchev–Trinajstić information content (AvgIpc) is 2.18. The molecule has 0 saturated heterocycles. The number of rotatable bonds is 2. The number of nitrogens with zero attached hydrogens (tertiary/aromatic N) is 2. The fourth-order valence-corrected chi connectivity index (χ4v) is 0.534. The van der Waals surface area contributed by atoms with Gasteiger partial charge in [0.15, 0.2) is 0 Å².